The molecule has 0 aliphatic rings. The summed E-state index contributed by atoms with van der Waals surface area (Å²) >= 11 is 0. The first-order chi connectivity index (χ1) is 8.24. The van der Waals surface area contributed by atoms with E-state index in [1.54, 1.807) is 36.4 Å². The number of unbranched alkanes of at least 4 members (excludes halogenated alkanes) is 2. The third kappa shape index (κ3) is 5.36. The van der Waals surface area contributed by atoms with Gasteiger partial charge >= 0.3 is 0 Å². The number of hydrogen-bond donors (Lipinski definition) is 1. The number of amides is 1. The molecule has 0 unspecified atom stereocenters. The average Bonchev–Trinajstić information content (AvgIpc) is 2.84. The minimum atomic E-state index is -0.0367. The van der Waals surface area contributed by atoms with Gasteiger partial charge in [0.25, 0.3) is 0 Å². The maximum Gasteiger partial charge on any atom is 0.246 e. The maximum absolute atomic E-state index is 11.7. The van der Waals surface area contributed by atoms with E-state index >= 15 is 0 Å². The minimum Gasteiger partial charge on any atom is -0.465 e. The number of aliphatic hydroxyl groups excluding tert-OH is 1. The van der Waals surface area contributed by atoms with Gasteiger partial charge in [-0.3, -0.25) is 4.79 Å². The van der Waals surface area contributed by atoms with E-state index in [2.05, 4.69) is 0 Å². The van der Waals surface area contributed by atoms with Crippen molar-refractivity contribution < 1.29 is 14.3 Å². The van der Waals surface area contributed by atoms with Crippen LogP contribution in [-0.2, 0) is 4.79 Å². The SMILES string of the molecule is CN(CCCCCO)C(=O)/C=C/c1ccco1. The number of carbonyl (C=O) groups excluding carboxylic acids is 1. The molecule has 0 atom stereocenters. The number of rotatable bonds is 7. The largest absolute Gasteiger partial charge is 0.465 e. The van der Waals surface area contributed by atoms with E-state index in [9.17, 15) is 4.79 Å². The molecule has 1 N–H and O–H groups in total. The van der Waals surface area contributed by atoms with Crippen LogP contribution in [0.2, 0.25) is 0 Å². The Labute approximate surface area is 102 Å². The van der Waals surface area contributed by atoms with E-state index in [1.807, 2.05) is 0 Å². The van der Waals surface area contributed by atoms with Crippen molar-refractivity contribution in [3.05, 3.63) is 30.2 Å². The summed E-state index contributed by atoms with van der Waals surface area (Å²) in [7, 11) is 1.77. The summed E-state index contributed by atoms with van der Waals surface area (Å²) in [4.78, 5) is 13.3. The van der Waals surface area contributed by atoms with E-state index in [-0.39, 0.29) is 12.5 Å². The molecule has 1 rings (SSSR count). The van der Waals surface area contributed by atoms with Crippen LogP contribution in [0.1, 0.15) is 25.0 Å². The lowest BCUT2D eigenvalue weighted by atomic mass is 10.2. The molecule has 0 spiro atoms. The Morgan fingerprint density at radius 1 is 1.47 bits per heavy atom. The molecular weight excluding hydrogens is 218 g/mol. The van der Waals surface area contributed by atoms with Gasteiger partial charge in [-0.2, -0.15) is 0 Å². The molecule has 4 nitrogen and oxygen atoms in total. The molecule has 0 saturated heterocycles. The van der Waals surface area contributed by atoms with Crippen LogP contribution in [0.5, 0.6) is 0 Å². The summed E-state index contributed by atoms with van der Waals surface area (Å²) in [5, 5.41) is 8.63. The van der Waals surface area contributed by atoms with Crippen molar-refractivity contribution in [1.82, 2.24) is 4.90 Å². The van der Waals surface area contributed by atoms with Gasteiger partial charge in [0.05, 0.1) is 6.26 Å². The van der Waals surface area contributed by atoms with E-state index < -0.39 is 0 Å². The van der Waals surface area contributed by atoms with Gasteiger partial charge in [-0.05, 0) is 37.5 Å². The number of likely N-dealkylation sites (N-methyl/N-ethyl adjacent to an activating group) is 1. The fourth-order valence-corrected chi connectivity index (χ4v) is 1.41. The quantitative estimate of drug-likeness (QED) is 0.582. The first-order valence-corrected chi connectivity index (χ1v) is 5.81. The molecule has 0 aromatic carbocycles. The monoisotopic (exact) mass is 237 g/mol. The summed E-state index contributed by atoms with van der Waals surface area (Å²) in [5.74, 6) is 0.637. The number of hydrogen-bond acceptors (Lipinski definition) is 3. The Hall–Kier alpha value is -1.55. The van der Waals surface area contributed by atoms with Crippen LogP contribution in [-0.4, -0.2) is 36.1 Å². The lowest BCUT2D eigenvalue weighted by Crippen LogP contribution is -2.25. The first kappa shape index (κ1) is 13.5. The van der Waals surface area contributed by atoms with Crippen LogP contribution >= 0.6 is 0 Å². The highest BCUT2D eigenvalue weighted by Crippen LogP contribution is 2.03. The van der Waals surface area contributed by atoms with Gasteiger partial charge in [0.2, 0.25) is 5.91 Å². The topological polar surface area (TPSA) is 53.7 Å². The highest BCUT2D eigenvalue weighted by molar-refractivity contribution is 5.91. The van der Waals surface area contributed by atoms with Crippen molar-refractivity contribution in [2.45, 2.75) is 19.3 Å². The average molecular weight is 237 g/mol. The number of nitrogens with zero attached hydrogens (tertiary/aromatic N) is 1. The Morgan fingerprint density at radius 2 is 2.29 bits per heavy atom. The Balaban J connectivity index is 2.27. The fourth-order valence-electron chi connectivity index (χ4n) is 1.41. The first-order valence-electron chi connectivity index (χ1n) is 5.81. The van der Waals surface area contributed by atoms with Crippen LogP contribution in [0.4, 0.5) is 0 Å². The molecule has 1 aromatic rings. The third-order valence-corrected chi connectivity index (χ3v) is 2.46. The summed E-state index contributed by atoms with van der Waals surface area (Å²) < 4.78 is 5.09. The zero-order valence-corrected chi connectivity index (χ0v) is 10.1. The molecular formula is C13H19NO3. The van der Waals surface area contributed by atoms with Gasteiger partial charge in [-0.15, -0.1) is 0 Å². The van der Waals surface area contributed by atoms with E-state index in [0.717, 1.165) is 19.3 Å². The highest BCUT2D eigenvalue weighted by Gasteiger charge is 2.03. The van der Waals surface area contributed by atoms with Crippen LogP contribution in [0, 0.1) is 0 Å². The second-order valence-electron chi connectivity index (χ2n) is 3.89. The Morgan fingerprint density at radius 3 is 2.94 bits per heavy atom. The lowest BCUT2D eigenvalue weighted by Gasteiger charge is -2.14. The van der Waals surface area contributed by atoms with Crippen LogP contribution < -0.4 is 0 Å². The summed E-state index contributed by atoms with van der Waals surface area (Å²) in [6.07, 6.45) is 7.39. The molecule has 1 heterocycles. The van der Waals surface area contributed by atoms with Gasteiger partial charge in [-0.25, -0.2) is 0 Å². The second kappa shape index (κ2) is 7.68. The zero-order valence-electron chi connectivity index (χ0n) is 10.1. The Bertz CT molecular complexity index is 344. The van der Waals surface area contributed by atoms with Gasteiger partial charge in [-0.1, -0.05) is 0 Å². The number of furan rings is 1. The van der Waals surface area contributed by atoms with Crippen LogP contribution in [0.25, 0.3) is 6.08 Å². The number of carbonyl (C=O) groups is 1. The third-order valence-electron chi connectivity index (χ3n) is 2.46. The second-order valence-corrected chi connectivity index (χ2v) is 3.89. The van der Waals surface area contributed by atoms with Gasteiger partial charge in [0, 0.05) is 26.3 Å². The molecule has 0 saturated carbocycles. The van der Waals surface area contributed by atoms with Crippen molar-refractivity contribution in [2.75, 3.05) is 20.2 Å². The summed E-state index contributed by atoms with van der Waals surface area (Å²) in [5.41, 5.74) is 0. The minimum absolute atomic E-state index is 0.0367. The fraction of sp³-hybridized carbons (Fsp3) is 0.462. The molecule has 0 aliphatic heterocycles. The molecule has 0 fully saturated rings. The summed E-state index contributed by atoms with van der Waals surface area (Å²) in [6.45, 7) is 0.928. The van der Waals surface area contributed by atoms with E-state index in [0.29, 0.717) is 12.3 Å². The maximum atomic E-state index is 11.7. The molecule has 17 heavy (non-hydrogen) atoms. The van der Waals surface area contributed by atoms with Gasteiger partial charge in [0.1, 0.15) is 5.76 Å². The zero-order chi connectivity index (χ0) is 12.5. The molecule has 1 amide bonds. The van der Waals surface area contributed by atoms with Crippen LogP contribution in [0.15, 0.2) is 28.9 Å². The van der Waals surface area contributed by atoms with Gasteiger partial charge in [0.15, 0.2) is 0 Å². The summed E-state index contributed by atoms with van der Waals surface area (Å²) in [6, 6.07) is 3.58. The standard InChI is InChI=1S/C13H19NO3/c1-14(9-3-2-4-10-15)13(16)8-7-12-6-5-11-17-12/h5-8,11,15H,2-4,9-10H2,1H3/b8-7+. The predicted molar refractivity (Wildman–Crippen MR) is 66.3 cm³/mol. The highest BCUT2D eigenvalue weighted by atomic mass is 16.3. The predicted octanol–water partition coefficient (Wildman–Crippen LogP) is 1.91. The number of aliphatic hydroxyl groups is 1. The molecule has 0 radical (unpaired) electrons. The van der Waals surface area contributed by atoms with Crippen molar-refractivity contribution >= 4 is 12.0 Å². The van der Waals surface area contributed by atoms with Crippen molar-refractivity contribution in [3.63, 3.8) is 0 Å². The van der Waals surface area contributed by atoms with Crippen molar-refractivity contribution in [3.8, 4) is 0 Å². The normalized spacial score (nSPS) is 10.9. The van der Waals surface area contributed by atoms with E-state index in [1.165, 1.54) is 6.08 Å². The molecule has 4 heteroatoms. The van der Waals surface area contributed by atoms with Crippen molar-refractivity contribution in [1.29, 1.82) is 0 Å². The van der Waals surface area contributed by atoms with E-state index in [4.69, 9.17) is 9.52 Å². The molecule has 1 aromatic heterocycles. The Kier molecular flexibility index (Phi) is 6.10. The van der Waals surface area contributed by atoms with Crippen molar-refractivity contribution in [2.24, 2.45) is 0 Å². The molecule has 94 valence electrons. The lowest BCUT2D eigenvalue weighted by molar-refractivity contribution is -0.124. The smallest absolute Gasteiger partial charge is 0.246 e. The van der Waals surface area contributed by atoms with Crippen LogP contribution in [0.3, 0.4) is 0 Å². The molecule has 0 aliphatic carbocycles. The molecule has 0 bridgehead atoms. The van der Waals surface area contributed by atoms with Gasteiger partial charge < -0.3 is 14.4 Å².